The van der Waals surface area contributed by atoms with Gasteiger partial charge in [0.05, 0.1) is 19.6 Å². The molecule has 3 rings (SSSR count). The lowest BCUT2D eigenvalue weighted by Gasteiger charge is -2.29. The van der Waals surface area contributed by atoms with E-state index in [1.54, 1.807) is 6.92 Å². The molecule has 0 saturated carbocycles. The zero-order valence-corrected chi connectivity index (χ0v) is 12.4. The first-order valence-electron chi connectivity index (χ1n) is 7.22. The summed E-state index contributed by atoms with van der Waals surface area (Å²) >= 11 is 0. The zero-order chi connectivity index (χ0) is 15.4. The molecule has 22 heavy (non-hydrogen) atoms. The Morgan fingerprint density at radius 2 is 2.18 bits per heavy atom. The summed E-state index contributed by atoms with van der Waals surface area (Å²) in [5, 5.41) is 6.58. The maximum absolute atomic E-state index is 12.0. The molecule has 1 fully saturated rings. The molecule has 2 aromatic rings. The van der Waals surface area contributed by atoms with Crippen LogP contribution in [-0.4, -0.2) is 42.4 Å². The van der Waals surface area contributed by atoms with Gasteiger partial charge in [0.2, 0.25) is 11.8 Å². The Kier molecular flexibility index (Phi) is 4.34. The van der Waals surface area contributed by atoms with Crippen molar-refractivity contribution in [2.75, 3.05) is 36.5 Å². The first-order chi connectivity index (χ1) is 10.7. The van der Waals surface area contributed by atoms with Gasteiger partial charge in [0, 0.05) is 31.4 Å². The smallest absolute Gasteiger partial charge is 0.232 e. The number of aromatic nitrogens is 2. The molecule has 0 radical (unpaired) electrons. The van der Waals surface area contributed by atoms with Crippen molar-refractivity contribution in [2.45, 2.75) is 13.3 Å². The Morgan fingerprint density at radius 1 is 1.36 bits per heavy atom. The van der Waals surface area contributed by atoms with Gasteiger partial charge in [0.25, 0.3) is 0 Å². The van der Waals surface area contributed by atoms with Gasteiger partial charge in [-0.1, -0.05) is 11.2 Å². The van der Waals surface area contributed by atoms with E-state index in [1.165, 1.54) is 0 Å². The normalized spacial score (nSPS) is 14.9. The van der Waals surface area contributed by atoms with Gasteiger partial charge in [-0.15, -0.1) is 0 Å². The number of aryl methyl sites for hydroxylation is 1. The third-order valence-corrected chi connectivity index (χ3v) is 3.39. The average Bonchev–Trinajstić information content (AvgIpc) is 2.93. The predicted octanol–water partition coefficient (Wildman–Crippen LogP) is 1.40. The fraction of sp³-hybridized carbons (Fsp3) is 0.400. The molecule has 1 aliphatic rings. The maximum atomic E-state index is 12.0. The Morgan fingerprint density at radius 3 is 2.91 bits per heavy atom. The quantitative estimate of drug-likeness (QED) is 0.919. The molecule has 0 aliphatic carbocycles. The zero-order valence-electron chi connectivity index (χ0n) is 12.4. The molecule has 0 spiro atoms. The van der Waals surface area contributed by atoms with Crippen LogP contribution in [0.25, 0.3) is 0 Å². The summed E-state index contributed by atoms with van der Waals surface area (Å²) in [5.74, 6) is 0.677. The highest BCUT2D eigenvalue weighted by Gasteiger charge is 2.13. The van der Waals surface area contributed by atoms with Gasteiger partial charge >= 0.3 is 0 Å². The number of amides is 1. The molecule has 1 amide bonds. The standard InChI is InChI=1S/C15H18N4O3/c1-11-16-14(18-22-11)10-15(20)17-12-3-2-4-13(9-12)19-5-7-21-8-6-19/h2-4,9H,5-8,10H2,1H3,(H,17,20). The first kappa shape index (κ1) is 14.5. The summed E-state index contributed by atoms with van der Waals surface area (Å²) in [6.45, 7) is 4.88. The van der Waals surface area contributed by atoms with Crippen LogP contribution in [0.4, 0.5) is 11.4 Å². The van der Waals surface area contributed by atoms with Crippen molar-refractivity contribution < 1.29 is 14.1 Å². The number of nitrogens with zero attached hydrogens (tertiary/aromatic N) is 3. The number of nitrogens with one attached hydrogen (secondary N) is 1. The van der Waals surface area contributed by atoms with Gasteiger partial charge in [0.1, 0.15) is 0 Å². The number of hydrogen-bond acceptors (Lipinski definition) is 6. The highest BCUT2D eigenvalue weighted by atomic mass is 16.5. The fourth-order valence-corrected chi connectivity index (χ4v) is 2.36. The van der Waals surface area contributed by atoms with E-state index in [0.29, 0.717) is 11.7 Å². The number of carbonyl (C=O) groups is 1. The lowest BCUT2D eigenvalue weighted by molar-refractivity contribution is -0.115. The van der Waals surface area contributed by atoms with E-state index in [1.807, 2.05) is 24.3 Å². The lowest BCUT2D eigenvalue weighted by atomic mass is 10.2. The molecule has 1 aromatic carbocycles. The lowest BCUT2D eigenvalue weighted by Crippen LogP contribution is -2.36. The second-order valence-corrected chi connectivity index (χ2v) is 5.10. The van der Waals surface area contributed by atoms with Gasteiger partial charge in [-0.3, -0.25) is 4.79 Å². The molecular weight excluding hydrogens is 284 g/mol. The Labute approximate surface area is 128 Å². The predicted molar refractivity (Wildman–Crippen MR) is 80.8 cm³/mol. The van der Waals surface area contributed by atoms with Crippen LogP contribution in [0.1, 0.15) is 11.7 Å². The molecule has 1 aliphatic heterocycles. The van der Waals surface area contributed by atoms with E-state index < -0.39 is 0 Å². The number of rotatable bonds is 4. The van der Waals surface area contributed by atoms with Gasteiger partial charge < -0.3 is 19.5 Å². The van der Waals surface area contributed by atoms with Crippen molar-refractivity contribution >= 4 is 17.3 Å². The van der Waals surface area contributed by atoms with Crippen LogP contribution < -0.4 is 10.2 Å². The molecular formula is C15H18N4O3. The van der Waals surface area contributed by atoms with Crippen LogP contribution in [0.3, 0.4) is 0 Å². The van der Waals surface area contributed by atoms with Crippen molar-refractivity contribution in [2.24, 2.45) is 0 Å². The Balaban J connectivity index is 1.63. The molecule has 0 unspecified atom stereocenters. The highest BCUT2D eigenvalue weighted by Crippen LogP contribution is 2.20. The SMILES string of the molecule is Cc1nc(CC(=O)Nc2cccc(N3CCOCC3)c2)no1. The molecule has 1 aromatic heterocycles. The summed E-state index contributed by atoms with van der Waals surface area (Å²) in [4.78, 5) is 18.3. The van der Waals surface area contributed by atoms with E-state index in [-0.39, 0.29) is 12.3 Å². The summed E-state index contributed by atoms with van der Waals surface area (Å²) in [7, 11) is 0. The maximum Gasteiger partial charge on any atom is 0.232 e. The number of morpholine rings is 1. The number of hydrogen-bond donors (Lipinski definition) is 1. The molecule has 1 saturated heterocycles. The van der Waals surface area contributed by atoms with E-state index in [2.05, 4.69) is 20.4 Å². The summed E-state index contributed by atoms with van der Waals surface area (Å²) < 4.78 is 10.2. The number of ether oxygens (including phenoxy) is 1. The van der Waals surface area contributed by atoms with E-state index in [9.17, 15) is 4.79 Å². The minimum absolute atomic E-state index is 0.0964. The van der Waals surface area contributed by atoms with Crippen LogP contribution in [0.2, 0.25) is 0 Å². The van der Waals surface area contributed by atoms with Gasteiger partial charge in [-0.05, 0) is 18.2 Å². The molecule has 7 nitrogen and oxygen atoms in total. The molecule has 1 N–H and O–H groups in total. The van der Waals surface area contributed by atoms with Crippen LogP contribution >= 0.6 is 0 Å². The molecule has 2 heterocycles. The van der Waals surface area contributed by atoms with Gasteiger partial charge in [-0.2, -0.15) is 4.98 Å². The average molecular weight is 302 g/mol. The Hall–Kier alpha value is -2.41. The highest BCUT2D eigenvalue weighted by molar-refractivity contribution is 5.92. The van der Waals surface area contributed by atoms with Crippen LogP contribution in [0.5, 0.6) is 0 Å². The topological polar surface area (TPSA) is 80.5 Å². The second-order valence-electron chi connectivity index (χ2n) is 5.10. The third-order valence-electron chi connectivity index (χ3n) is 3.39. The van der Waals surface area contributed by atoms with Gasteiger partial charge in [0.15, 0.2) is 5.82 Å². The minimum Gasteiger partial charge on any atom is -0.378 e. The minimum atomic E-state index is -0.167. The second kappa shape index (κ2) is 6.57. The number of benzene rings is 1. The van der Waals surface area contributed by atoms with Crippen molar-refractivity contribution in [3.05, 3.63) is 36.0 Å². The summed E-state index contributed by atoms with van der Waals surface area (Å²) in [5.41, 5.74) is 1.84. The van der Waals surface area contributed by atoms with E-state index in [4.69, 9.17) is 9.26 Å². The van der Waals surface area contributed by atoms with Crippen molar-refractivity contribution in [3.63, 3.8) is 0 Å². The monoisotopic (exact) mass is 302 g/mol. The van der Waals surface area contributed by atoms with Gasteiger partial charge in [-0.25, -0.2) is 0 Å². The van der Waals surface area contributed by atoms with Crippen LogP contribution in [-0.2, 0) is 16.0 Å². The largest absolute Gasteiger partial charge is 0.378 e. The molecule has 0 atom stereocenters. The summed E-state index contributed by atoms with van der Waals surface area (Å²) in [6, 6.07) is 7.79. The molecule has 116 valence electrons. The number of carbonyl (C=O) groups excluding carboxylic acids is 1. The van der Waals surface area contributed by atoms with Crippen molar-refractivity contribution in [1.29, 1.82) is 0 Å². The van der Waals surface area contributed by atoms with E-state index in [0.717, 1.165) is 37.7 Å². The molecule has 7 heteroatoms. The van der Waals surface area contributed by atoms with E-state index >= 15 is 0 Å². The van der Waals surface area contributed by atoms with Crippen LogP contribution in [0.15, 0.2) is 28.8 Å². The third kappa shape index (κ3) is 3.62. The van der Waals surface area contributed by atoms with Crippen molar-refractivity contribution in [1.82, 2.24) is 10.1 Å². The Bertz CT molecular complexity index is 650. The first-order valence-corrected chi connectivity index (χ1v) is 7.22. The fourth-order valence-electron chi connectivity index (χ4n) is 2.36. The number of anilines is 2. The summed E-state index contributed by atoms with van der Waals surface area (Å²) in [6.07, 6.45) is 0.0964. The van der Waals surface area contributed by atoms with Crippen LogP contribution in [0, 0.1) is 6.92 Å². The van der Waals surface area contributed by atoms with Crippen molar-refractivity contribution in [3.8, 4) is 0 Å². The molecule has 0 bridgehead atoms.